The predicted molar refractivity (Wildman–Crippen MR) is 90.6 cm³/mol. The Balaban J connectivity index is 2.03. The molecule has 0 radical (unpaired) electrons. The first-order valence-electron chi connectivity index (χ1n) is 6.91. The number of hydrogen-bond donors (Lipinski definition) is 1. The molecule has 4 heteroatoms. The van der Waals surface area contributed by atoms with E-state index in [9.17, 15) is 9.59 Å². The van der Waals surface area contributed by atoms with E-state index >= 15 is 0 Å². The molecule has 0 saturated carbocycles. The van der Waals surface area contributed by atoms with Gasteiger partial charge in [0.2, 0.25) is 11.6 Å². The first kappa shape index (κ1) is 14.7. The first-order chi connectivity index (χ1) is 10.5. The predicted octanol–water partition coefficient (Wildman–Crippen LogP) is 4.40. The molecule has 0 heterocycles. The molecule has 0 bridgehead atoms. The molecule has 0 unspecified atom stereocenters. The number of nitrogens with one attached hydrogen (secondary N) is 1. The summed E-state index contributed by atoms with van der Waals surface area (Å²) < 4.78 is 0.273. The summed E-state index contributed by atoms with van der Waals surface area (Å²) in [5.74, 6) is -0.359. The molecule has 0 aromatic heterocycles. The van der Waals surface area contributed by atoms with Gasteiger partial charge in [-0.25, -0.2) is 0 Å². The third kappa shape index (κ3) is 2.40. The maximum Gasteiger partial charge on any atom is 0.211 e. The molecule has 22 heavy (non-hydrogen) atoms. The van der Waals surface area contributed by atoms with Gasteiger partial charge in [-0.05, 0) is 53.0 Å². The van der Waals surface area contributed by atoms with Gasteiger partial charge in [0.1, 0.15) is 5.70 Å². The van der Waals surface area contributed by atoms with Crippen molar-refractivity contribution in [2.75, 3.05) is 5.32 Å². The quantitative estimate of drug-likeness (QED) is 0.868. The summed E-state index contributed by atoms with van der Waals surface area (Å²) in [6.07, 6.45) is 0. The Bertz CT molecular complexity index is 837. The van der Waals surface area contributed by atoms with Gasteiger partial charge in [-0.15, -0.1) is 0 Å². The van der Waals surface area contributed by atoms with E-state index in [0.29, 0.717) is 11.1 Å². The van der Waals surface area contributed by atoms with Gasteiger partial charge >= 0.3 is 0 Å². The minimum Gasteiger partial charge on any atom is -0.351 e. The summed E-state index contributed by atoms with van der Waals surface area (Å²) in [5, 5.41) is 3.08. The Morgan fingerprint density at radius 1 is 0.864 bits per heavy atom. The molecular formula is C18H14BrNO2. The van der Waals surface area contributed by atoms with Crippen LogP contribution in [0.2, 0.25) is 0 Å². The number of allylic oxidation sites excluding steroid dienone is 2. The van der Waals surface area contributed by atoms with E-state index in [1.165, 1.54) is 5.56 Å². The number of anilines is 1. The second-order valence-corrected chi connectivity index (χ2v) is 6.11. The lowest BCUT2D eigenvalue weighted by molar-refractivity contribution is 0.0983. The highest BCUT2D eigenvalue weighted by Gasteiger charge is 2.30. The van der Waals surface area contributed by atoms with Crippen LogP contribution >= 0.6 is 15.9 Å². The summed E-state index contributed by atoms with van der Waals surface area (Å²) in [5.41, 5.74) is 4.24. The van der Waals surface area contributed by atoms with Crippen LogP contribution in [0.4, 0.5) is 5.69 Å². The zero-order valence-electron chi connectivity index (χ0n) is 12.2. The van der Waals surface area contributed by atoms with Crippen molar-refractivity contribution in [1.82, 2.24) is 0 Å². The standard InChI is InChI=1S/C18H14BrNO2/c1-10-7-8-12(9-11(10)2)20-16-15(19)17(21)13-5-3-4-6-14(13)18(16)22/h3-9,20H,1-2H3. The number of fused-ring (bicyclic) bond motifs is 1. The average Bonchev–Trinajstić information content (AvgIpc) is 2.53. The molecule has 0 fully saturated rings. The monoisotopic (exact) mass is 355 g/mol. The normalized spacial score (nSPS) is 14.1. The molecule has 3 nitrogen and oxygen atoms in total. The van der Waals surface area contributed by atoms with Gasteiger partial charge in [-0.3, -0.25) is 9.59 Å². The third-order valence-corrected chi connectivity index (χ3v) is 4.60. The summed E-state index contributed by atoms with van der Waals surface area (Å²) >= 11 is 3.27. The molecule has 0 amide bonds. The number of benzene rings is 2. The number of aryl methyl sites for hydroxylation is 2. The fraction of sp³-hybridized carbons (Fsp3) is 0.111. The topological polar surface area (TPSA) is 46.2 Å². The van der Waals surface area contributed by atoms with Crippen LogP contribution < -0.4 is 5.32 Å². The summed E-state index contributed by atoms with van der Waals surface area (Å²) in [7, 11) is 0. The third-order valence-electron chi connectivity index (χ3n) is 3.84. The zero-order chi connectivity index (χ0) is 15.9. The molecule has 0 aliphatic heterocycles. The lowest BCUT2D eigenvalue weighted by atomic mass is 9.92. The zero-order valence-corrected chi connectivity index (χ0v) is 13.8. The van der Waals surface area contributed by atoms with Crippen LogP contribution in [0.3, 0.4) is 0 Å². The lowest BCUT2D eigenvalue weighted by Gasteiger charge is -2.19. The average molecular weight is 356 g/mol. The van der Waals surface area contributed by atoms with Crippen molar-refractivity contribution in [2.45, 2.75) is 13.8 Å². The van der Waals surface area contributed by atoms with Gasteiger partial charge in [0, 0.05) is 16.8 Å². The Hall–Kier alpha value is -2.20. The van der Waals surface area contributed by atoms with Crippen LogP contribution in [-0.2, 0) is 0 Å². The molecule has 0 atom stereocenters. The summed E-state index contributed by atoms with van der Waals surface area (Å²) in [6.45, 7) is 4.03. The number of halogens is 1. The Kier molecular flexibility index (Phi) is 3.71. The van der Waals surface area contributed by atoms with E-state index in [-0.39, 0.29) is 21.7 Å². The maximum absolute atomic E-state index is 12.6. The summed E-state index contributed by atoms with van der Waals surface area (Å²) in [4.78, 5) is 25.0. The molecule has 2 aromatic rings. The highest BCUT2D eigenvalue weighted by atomic mass is 79.9. The molecule has 110 valence electrons. The molecule has 0 saturated heterocycles. The molecular weight excluding hydrogens is 342 g/mol. The van der Waals surface area contributed by atoms with Gasteiger partial charge in [-0.1, -0.05) is 30.3 Å². The summed E-state index contributed by atoms with van der Waals surface area (Å²) in [6, 6.07) is 12.7. The Morgan fingerprint density at radius 3 is 2.14 bits per heavy atom. The van der Waals surface area contributed by atoms with Crippen LogP contribution in [0.5, 0.6) is 0 Å². The van der Waals surface area contributed by atoms with Gasteiger partial charge in [-0.2, -0.15) is 0 Å². The number of rotatable bonds is 2. The number of hydrogen-bond acceptors (Lipinski definition) is 3. The van der Waals surface area contributed by atoms with E-state index in [1.54, 1.807) is 24.3 Å². The van der Waals surface area contributed by atoms with E-state index in [1.807, 2.05) is 32.0 Å². The molecule has 1 aliphatic rings. The van der Waals surface area contributed by atoms with Crippen molar-refractivity contribution in [3.05, 3.63) is 74.9 Å². The van der Waals surface area contributed by atoms with Crippen molar-refractivity contribution in [3.8, 4) is 0 Å². The van der Waals surface area contributed by atoms with Gasteiger partial charge in [0.05, 0.1) is 4.48 Å². The molecule has 0 spiro atoms. The second-order valence-electron chi connectivity index (χ2n) is 5.32. The van der Waals surface area contributed by atoms with Gasteiger partial charge < -0.3 is 5.32 Å². The minimum atomic E-state index is -0.180. The van der Waals surface area contributed by atoms with Crippen LogP contribution in [0.1, 0.15) is 31.8 Å². The lowest BCUT2D eigenvalue weighted by Crippen LogP contribution is -2.24. The molecule has 2 aromatic carbocycles. The van der Waals surface area contributed by atoms with Crippen LogP contribution in [-0.4, -0.2) is 11.6 Å². The number of Topliss-reactive ketones (excluding diaryl/α,β-unsaturated/α-hetero) is 2. The maximum atomic E-state index is 12.6. The largest absolute Gasteiger partial charge is 0.351 e. The van der Waals surface area contributed by atoms with E-state index in [4.69, 9.17) is 0 Å². The fourth-order valence-corrected chi connectivity index (χ4v) is 2.91. The van der Waals surface area contributed by atoms with Gasteiger partial charge in [0.15, 0.2) is 0 Å². The number of carbonyl (C=O) groups excluding carboxylic acids is 2. The second kappa shape index (κ2) is 5.54. The molecule has 3 rings (SSSR count). The van der Waals surface area contributed by atoms with E-state index in [2.05, 4.69) is 21.2 Å². The van der Waals surface area contributed by atoms with Gasteiger partial charge in [0.25, 0.3) is 0 Å². The van der Waals surface area contributed by atoms with Crippen molar-refractivity contribution >= 4 is 33.2 Å². The van der Waals surface area contributed by atoms with Crippen molar-refractivity contribution in [2.24, 2.45) is 0 Å². The number of ketones is 2. The Labute approximate surface area is 137 Å². The highest BCUT2D eigenvalue weighted by Crippen LogP contribution is 2.30. The fourth-order valence-electron chi connectivity index (χ4n) is 2.42. The minimum absolute atomic E-state index is 0.179. The van der Waals surface area contributed by atoms with Crippen molar-refractivity contribution in [3.63, 3.8) is 0 Å². The van der Waals surface area contributed by atoms with Crippen LogP contribution in [0, 0.1) is 13.8 Å². The van der Waals surface area contributed by atoms with Crippen LogP contribution in [0.15, 0.2) is 52.6 Å². The Morgan fingerprint density at radius 2 is 1.50 bits per heavy atom. The molecule has 1 aliphatic carbocycles. The van der Waals surface area contributed by atoms with Crippen molar-refractivity contribution < 1.29 is 9.59 Å². The first-order valence-corrected chi connectivity index (χ1v) is 7.71. The van der Waals surface area contributed by atoms with Crippen molar-refractivity contribution in [1.29, 1.82) is 0 Å². The van der Waals surface area contributed by atoms with E-state index in [0.717, 1.165) is 11.3 Å². The highest BCUT2D eigenvalue weighted by molar-refractivity contribution is 9.12. The smallest absolute Gasteiger partial charge is 0.211 e. The van der Waals surface area contributed by atoms with Crippen LogP contribution in [0.25, 0.3) is 0 Å². The van der Waals surface area contributed by atoms with E-state index < -0.39 is 0 Å². The number of carbonyl (C=O) groups is 2. The molecule has 1 N–H and O–H groups in total. The SMILES string of the molecule is Cc1ccc(NC2=C(Br)C(=O)c3ccccc3C2=O)cc1C.